The molecule has 2 aromatic rings. The third kappa shape index (κ3) is 4.99. The van der Waals surface area contributed by atoms with Gasteiger partial charge in [0.15, 0.2) is 0 Å². The Kier molecular flexibility index (Phi) is 6.59. The highest BCUT2D eigenvalue weighted by Gasteiger charge is 2.20. The quantitative estimate of drug-likeness (QED) is 0.760. The highest BCUT2D eigenvalue weighted by atomic mass is 16.5. The molecule has 3 rings (SSSR count). The van der Waals surface area contributed by atoms with E-state index >= 15 is 0 Å². The van der Waals surface area contributed by atoms with Gasteiger partial charge in [-0.25, -0.2) is 9.78 Å². The van der Waals surface area contributed by atoms with Gasteiger partial charge in [-0.1, -0.05) is 12.1 Å². The first kappa shape index (κ1) is 20.5. The highest BCUT2D eigenvalue weighted by Crippen LogP contribution is 2.22. The summed E-state index contributed by atoms with van der Waals surface area (Å²) >= 11 is 0. The minimum absolute atomic E-state index is 0.138. The first-order valence-corrected chi connectivity index (χ1v) is 9.82. The Morgan fingerprint density at radius 3 is 2.76 bits per heavy atom. The third-order valence-corrected chi connectivity index (χ3v) is 4.81. The predicted octanol–water partition coefficient (Wildman–Crippen LogP) is 3.01. The maximum absolute atomic E-state index is 12.5. The molecule has 1 N–H and O–H groups in total. The van der Waals surface area contributed by atoms with Crippen molar-refractivity contribution in [1.82, 2.24) is 10.3 Å². The minimum Gasteiger partial charge on any atom is -0.462 e. The number of nitrogens with one attached hydrogen (secondary N) is 1. The molecule has 1 saturated heterocycles. The lowest BCUT2D eigenvalue weighted by Crippen LogP contribution is -2.35. The number of ether oxygens (including phenoxy) is 1. The molecule has 1 aliphatic heterocycles. The molecule has 0 spiro atoms. The van der Waals surface area contributed by atoms with Crippen LogP contribution in [0.15, 0.2) is 36.4 Å². The van der Waals surface area contributed by atoms with Crippen LogP contribution in [0.1, 0.15) is 58.3 Å². The fourth-order valence-corrected chi connectivity index (χ4v) is 3.30. The molecule has 7 heteroatoms. The molecule has 0 saturated carbocycles. The fourth-order valence-electron chi connectivity index (χ4n) is 3.30. The van der Waals surface area contributed by atoms with Crippen LogP contribution in [0.2, 0.25) is 0 Å². The molecule has 2 amide bonds. The zero-order chi connectivity index (χ0) is 20.8. The average Bonchev–Trinajstić information content (AvgIpc) is 2.72. The molecule has 1 fully saturated rings. The number of carbonyl (C=O) groups is 3. The van der Waals surface area contributed by atoms with Crippen LogP contribution in [0.25, 0.3) is 0 Å². The molecule has 7 nitrogen and oxygen atoms in total. The topological polar surface area (TPSA) is 88.6 Å². The van der Waals surface area contributed by atoms with Gasteiger partial charge in [-0.3, -0.25) is 9.59 Å². The second-order valence-electron chi connectivity index (χ2n) is 6.90. The van der Waals surface area contributed by atoms with E-state index in [1.54, 1.807) is 24.8 Å². The molecular formula is C22H25N3O4. The van der Waals surface area contributed by atoms with Crippen LogP contribution in [0.3, 0.4) is 0 Å². The number of benzene rings is 1. The zero-order valence-corrected chi connectivity index (χ0v) is 16.7. The van der Waals surface area contributed by atoms with Gasteiger partial charge in [0.05, 0.1) is 17.9 Å². The van der Waals surface area contributed by atoms with E-state index in [0.717, 1.165) is 30.6 Å². The van der Waals surface area contributed by atoms with Gasteiger partial charge in [0.2, 0.25) is 5.91 Å². The van der Waals surface area contributed by atoms with E-state index in [9.17, 15) is 14.4 Å². The molecule has 1 aliphatic rings. The standard InChI is InChI=1S/C22H25N3O4/c1-3-29-22(28)18-10-11-19(24-15(18)2)21(27)23-14-16-7-6-8-17(13-16)25-12-5-4-9-20(25)26/h6-8,10-11,13H,3-5,9,12,14H2,1-2H3,(H,23,27). The molecule has 0 radical (unpaired) electrons. The van der Waals surface area contributed by atoms with Crippen molar-refractivity contribution in [1.29, 1.82) is 0 Å². The summed E-state index contributed by atoms with van der Waals surface area (Å²) in [5, 5.41) is 2.84. The van der Waals surface area contributed by atoms with Crippen LogP contribution in [-0.2, 0) is 16.1 Å². The second-order valence-corrected chi connectivity index (χ2v) is 6.90. The van der Waals surface area contributed by atoms with Gasteiger partial charge in [-0.2, -0.15) is 0 Å². The van der Waals surface area contributed by atoms with Crippen LogP contribution >= 0.6 is 0 Å². The van der Waals surface area contributed by atoms with E-state index in [2.05, 4.69) is 10.3 Å². The van der Waals surface area contributed by atoms with Gasteiger partial charge in [0, 0.05) is 25.2 Å². The normalized spacial score (nSPS) is 13.9. The lowest BCUT2D eigenvalue weighted by Gasteiger charge is -2.27. The molecule has 2 heterocycles. The van der Waals surface area contributed by atoms with Crippen LogP contribution < -0.4 is 10.2 Å². The van der Waals surface area contributed by atoms with Crippen LogP contribution in [0.4, 0.5) is 5.69 Å². The first-order chi connectivity index (χ1) is 14.0. The number of nitrogens with zero attached hydrogens (tertiary/aromatic N) is 2. The van der Waals surface area contributed by atoms with Crippen molar-refractivity contribution in [3.63, 3.8) is 0 Å². The lowest BCUT2D eigenvalue weighted by atomic mass is 10.1. The molecule has 0 unspecified atom stereocenters. The van der Waals surface area contributed by atoms with Crippen molar-refractivity contribution in [2.24, 2.45) is 0 Å². The Balaban J connectivity index is 1.65. The number of aromatic nitrogens is 1. The molecule has 0 atom stereocenters. The second kappa shape index (κ2) is 9.32. The van der Waals surface area contributed by atoms with Gasteiger partial charge in [0.25, 0.3) is 5.91 Å². The summed E-state index contributed by atoms with van der Waals surface area (Å²) in [7, 11) is 0. The molecule has 0 bridgehead atoms. The molecule has 152 valence electrons. The average molecular weight is 395 g/mol. The smallest absolute Gasteiger partial charge is 0.339 e. The van der Waals surface area contributed by atoms with E-state index in [-0.39, 0.29) is 24.1 Å². The summed E-state index contributed by atoms with van der Waals surface area (Å²) in [4.78, 5) is 42.5. The number of carbonyl (C=O) groups excluding carboxylic acids is 3. The maximum Gasteiger partial charge on any atom is 0.339 e. The van der Waals surface area contributed by atoms with E-state index in [0.29, 0.717) is 24.2 Å². The number of hydrogen-bond donors (Lipinski definition) is 1. The number of amides is 2. The van der Waals surface area contributed by atoms with Crippen molar-refractivity contribution in [3.05, 3.63) is 58.9 Å². The zero-order valence-electron chi connectivity index (χ0n) is 16.7. The predicted molar refractivity (Wildman–Crippen MR) is 109 cm³/mol. The molecule has 1 aromatic heterocycles. The van der Waals surface area contributed by atoms with Crippen molar-refractivity contribution < 1.29 is 19.1 Å². The van der Waals surface area contributed by atoms with Gasteiger partial charge in [-0.15, -0.1) is 0 Å². The summed E-state index contributed by atoms with van der Waals surface area (Å²) in [6, 6.07) is 10.7. The summed E-state index contributed by atoms with van der Waals surface area (Å²) < 4.78 is 4.98. The van der Waals surface area contributed by atoms with Crippen LogP contribution in [0.5, 0.6) is 0 Å². The van der Waals surface area contributed by atoms with Crippen LogP contribution in [-0.4, -0.2) is 35.9 Å². The molecule has 0 aliphatic carbocycles. The van der Waals surface area contributed by atoms with E-state index in [1.807, 2.05) is 24.3 Å². The number of anilines is 1. The van der Waals surface area contributed by atoms with E-state index in [4.69, 9.17) is 4.74 Å². The van der Waals surface area contributed by atoms with E-state index < -0.39 is 5.97 Å². The third-order valence-electron chi connectivity index (χ3n) is 4.81. The lowest BCUT2D eigenvalue weighted by molar-refractivity contribution is -0.119. The minimum atomic E-state index is -0.450. The van der Waals surface area contributed by atoms with Gasteiger partial charge in [-0.05, 0) is 56.5 Å². The van der Waals surface area contributed by atoms with Crippen molar-refractivity contribution in [2.45, 2.75) is 39.7 Å². The molecular weight excluding hydrogens is 370 g/mol. The van der Waals surface area contributed by atoms with Gasteiger partial charge < -0.3 is 15.0 Å². The number of rotatable bonds is 6. The van der Waals surface area contributed by atoms with Crippen molar-refractivity contribution in [2.75, 3.05) is 18.1 Å². The summed E-state index contributed by atoms with van der Waals surface area (Å²) in [5.74, 6) is -0.643. The summed E-state index contributed by atoms with van der Waals surface area (Å²) in [5.41, 5.74) is 2.78. The van der Waals surface area contributed by atoms with Crippen molar-refractivity contribution >= 4 is 23.5 Å². The van der Waals surface area contributed by atoms with Gasteiger partial charge in [0.1, 0.15) is 5.69 Å². The Morgan fingerprint density at radius 1 is 1.21 bits per heavy atom. The Hall–Kier alpha value is -3.22. The number of aryl methyl sites for hydroxylation is 1. The molecule has 29 heavy (non-hydrogen) atoms. The summed E-state index contributed by atoms with van der Waals surface area (Å²) in [6.07, 6.45) is 2.51. The van der Waals surface area contributed by atoms with Crippen molar-refractivity contribution in [3.8, 4) is 0 Å². The highest BCUT2D eigenvalue weighted by molar-refractivity contribution is 5.95. The molecule has 1 aromatic carbocycles. The Bertz CT molecular complexity index is 926. The number of hydrogen-bond acceptors (Lipinski definition) is 5. The number of piperidine rings is 1. The summed E-state index contributed by atoms with van der Waals surface area (Å²) in [6.45, 7) is 4.73. The van der Waals surface area contributed by atoms with E-state index in [1.165, 1.54) is 6.07 Å². The number of esters is 1. The van der Waals surface area contributed by atoms with Gasteiger partial charge >= 0.3 is 5.97 Å². The first-order valence-electron chi connectivity index (χ1n) is 9.82. The Labute approximate surface area is 170 Å². The fraction of sp³-hybridized carbons (Fsp3) is 0.364. The monoisotopic (exact) mass is 395 g/mol. The maximum atomic E-state index is 12.5. The number of pyridine rings is 1. The Morgan fingerprint density at radius 2 is 2.03 bits per heavy atom. The van der Waals surface area contributed by atoms with Crippen LogP contribution in [0, 0.1) is 6.92 Å². The SMILES string of the molecule is CCOC(=O)c1ccc(C(=O)NCc2cccc(N3CCCCC3=O)c2)nc1C. The largest absolute Gasteiger partial charge is 0.462 e.